The summed E-state index contributed by atoms with van der Waals surface area (Å²) >= 11 is 1.49. The van der Waals surface area contributed by atoms with Crippen LogP contribution in [0.1, 0.15) is 16.1 Å². The number of nitrogens with one attached hydrogen (secondary N) is 1. The molecule has 3 heterocycles. The van der Waals surface area contributed by atoms with Crippen LogP contribution in [0, 0.1) is 0 Å². The summed E-state index contributed by atoms with van der Waals surface area (Å²) < 4.78 is 5.33. The van der Waals surface area contributed by atoms with Crippen molar-refractivity contribution in [1.29, 1.82) is 0 Å². The molecular weight excluding hydrogens is 274 g/mol. The number of amides is 1. The number of aromatic nitrogens is 2. The van der Waals surface area contributed by atoms with Crippen molar-refractivity contribution in [2.45, 2.75) is 6.54 Å². The van der Waals surface area contributed by atoms with Crippen molar-refractivity contribution >= 4 is 17.2 Å². The van der Waals surface area contributed by atoms with E-state index in [9.17, 15) is 4.79 Å². The van der Waals surface area contributed by atoms with Crippen molar-refractivity contribution in [3.63, 3.8) is 0 Å². The monoisotopic (exact) mass is 285 g/mol. The molecule has 0 atom stereocenters. The summed E-state index contributed by atoms with van der Waals surface area (Å²) in [5.74, 6) is 0.514. The lowest BCUT2D eigenvalue weighted by Gasteiger charge is -2.06. The van der Waals surface area contributed by atoms with Crippen LogP contribution in [0.2, 0.25) is 0 Å². The molecule has 0 aromatic carbocycles. The fraction of sp³-hybridized carbons (Fsp3) is 0.0714. The summed E-state index contributed by atoms with van der Waals surface area (Å²) in [6, 6.07) is 5.38. The summed E-state index contributed by atoms with van der Waals surface area (Å²) in [7, 11) is 0. The Balaban J connectivity index is 1.77. The maximum absolute atomic E-state index is 11.9. The van der Waals surface area contributed by atoms with Gasteiger partial charge in [-0.3, -0.25) is 9.78 Å². The van der Waals surface area contributed by atoms with Gasteiger partial charge in [0, 0.05) is 23.3 Å². The maximum atomic E-state index is 11.9. The van der Waals surface area contributed by atoms with Crippen LogP contribution >= 0.6 is 11.3 Å². The van der Waals surface area contributed by atoms with E-state index < -0.39 is 0 Å². The summed E-state index contributed by atoms with van der Waals surface area (Å²) in [4.78, 5) is 20.4. The van der Waals surface area contributed by atoms with E-state index in [1.807, 2.05) is 11.4 Å². The molecule has 0 saturated heterocycles. The van der Waals surface area contributed by atoms with Crippen molar-refractivity contribution < 1.29 is 9.21 Å². The number of hydrogen-bond donors (Lipinski definition) is 1. The first-order chi connectivity index (χ1) is 9.84. The van der Waals surface area contributed by atoms with Gasteiger partial charge in [0.05, 0.1) is 18.5 Å². The maximum Gasteiger partial charge on any atom is 0.252 e. The highest BCUT2D eigenvalue weighted by Crippen LogP contribution is 2.19. The molecular formula is C14H11N3O2S. The molecule has 20 heavy (non-hydrogen) atoms. The first-order valence-corrected chi connectivity index (χ1v) is 6.93. The lowest BCUT2D eigenvalue weighted by Crippen LogP contribution is -2.23. The minimum atomic E-state index is -0.123. The second kappa shape index (κ2) is 5.66. The Morgan fingerprint density at radius 3 is 2.95 bits per heavy atom. The van der Waals surface area contributed by atoms with Crippen LogP contribution in [0.25, 0.3) is 11.5 Å². The lowest BCUT2D eigenvalue weighted by atomic mass is 10.2. The van der Waals surface area contributed by atoms with E-state index >= 15 is 0 Å². The van der Waals surface area contributed by atoms with Crippen molar-refractivity contribution in [3.05, 3.63) is 58.9 Å². The quantitative estimate of drug-likeness (QED) is 0.800. The first-order valence-electron chi connectivity index (χ1n) is 5.99. The predicted molar refractivity (Wildman–Crippen MR) is 75.2 cm³/mol. The molecule has 0 aliphatic heterocycles. The van der Waals surface area contributed by atoms with Gasteiger partial charge in [0.15, 0.2) is 5.76 Å². The zero-order chi connectivity index (χ0) is 13.8. The molecule has 5 nitrogen and oxygen atoms in total. The zero-order valence-corrected chi connectivity index (χ0v) is 11.3. The van der Waals surface area contributed by atoms with Gasteiger partial charge in [-0.2, -0.15) is 11.3 Å². The molecule has 0 bridgehead atoms. The smallest absolute Gasteiger partial charge is 0.252 e. The third-order valence-electron chi connectivity index (χ3n) is 2.73. The van der Waals surface area contributed by atoms with Gasteiger partial charge < -0.3 is 9.73 Å². The zero-order valence-electron chi connectivity index (χ0n) is 10.4. The number of hydrogen-bond acceptors (Lipinski definition) is 5. The Labute approximate surface area is 119 Å². The van der Waals surface area contributed by atoms with Gasteiger partial charge in [0.2, 0.25) is 0 Å². The number of carbonyl (C=O) groups is 1. The third kappa shape index (κ3) is 2.60. The molecule has 0 spiro atoms. The van der Waals surface area contributed by atoms with Gasteiger partial charge >= 0.3 is 0 Å². The van der Waals surface area contributed by atoms with E-state index in [1.54, 1.807) is 36.2 Å². The van der Waals surface area contributed by atoms with Crippen molar-refractivity contribution in [1.82, 2.24) is 15.3 Å². The molecule has 0 radical (unpaired) electrons. The Kier molecular flexibility index (Phi) is 3.56. The van der Waals surface area contributed by atoms with Crippen molar-refractivity contribution in [2.75, 3.05) is 0 Å². The molecule has 3 aromatic rings. The van der Waals surface area contributed by atoms with Crippen LogP contribution in [0.15, 0.2) is 52.0 Å². The van der Waals surface area contributed by atoms with E-state index in [2.05, 4.69) is 15.3 Å². The van der Waals surface area contributed by atoms with Crippen LogP contribution < -0.4 is 5.32 Å². The number of furan rings is 1. The van der Waals surface area contributed by atoms with Crippen LogP contribution in [-0.4, -0.2) is 15.9 Å². The average Bonchev–Trinajstić information content (AvgIpc) is 3.17. The van der Waals surface area contributed by atoms with Gasteiger partial charge in [-0.1, -0.05) is 0 Å². The Morgan fingerprint density at radius 2 is 2.20 bits per heavy atom. The summed E-state index contributed by atoms with van der Waals surface area (Å²) in [5, 5.41) is 6.50. The van der Waals surface area contributed by atoms with E-state index in [-0.39, 0.29) is 5.91 Å². The topological polar surface area (TPSA) is 68.0 Å². The fourth-order valence-electron chi connectivity index (χ4n) is 1.78. The second-order valence-corrected chi connectivity index (χ2v) is 4.80. The molecule has 3 rings (SSSR count). The fourth-order valence-corrected chi connectivity index (χ4v) is 2.41. The van der Waals surface area contributed by atoms with E-state index in [4.69, 9.17) is 4.42 Å². The molecule has 0 unspecified atom stereocenters. The van der Waals surface area contributed by atoms with Crippen LogP contribution in [0.3, 0.4) is 0 Å². The average molecular weight is 285 g/mol. The first kappa shape index (κ1) is 12.6. The van der Waals surface area contributed by atoms with Gasteiger partial charge in [0.1, 0.15) is 5.69 Å². The molecule has 0 saturated carbocycles. The van der Waals surface area contributed by atoms with E-state index in [0.717, 1.165) is 0 Å². The molecule has 3 aromatic heterocycles. The van der Waals surface area contributed by atoms with Crippen molar-refractivity contribution in [3.8, 4) is 11.5 Å². The SMILES string of the molecule is O=C(NCc1nccnc1-c1ccco1)c1ccsc1. The number of rotatable bonds is 4. The molecule has 0 aliphatic rings. The largest absolute Gasteiger partial charge is 0.463 e. The normalized spacial score (nSPS) is 10.4. The van der Waals surface area contributed by atoms with Crippen LogP contribution in [-0.2, 0) is 6.54 Å². The summed E-state index contributed by atoms with van der Waals surface area (Å²) in [6.45, 7) is 0.304. The Morgan fingerprint density at radius 1 is 1.30 bits per heavy atom. The summed E-state index contributed by atoms with van der Waals surface area (Å²) in [6.07, 6.45) is 4.78. The highest BCUT2D eigenvalue weighted by atomic mass is 32.1. The van der Waals surface area contributed by atoms with Gasteiger partial charge in [-0.25, -0.2) is 4.98 Å². The molecule has 100 valence electrons. The Bertz CT molecular complexity index is 693. The van der Waals surface area contributed by atoms with Gasteiger partial charge in [-0.05, 0) is 23.6 Å². The molecule has 6 heteroatoms. The van der Waals surface area contributed by atoms with Crippen LogP contribution in [0.4, 0.5) is 0 Å². The minimum absolute atomic E-state index is 0.123. The van der Waals surface area contributed by atoms with Gasteiger partial charge in [0.25, 0.3) is 5.91 Å². The highest BCUT2D eigenvalue weighted by molar-refractivity contribution is 7.08. The van der Waals surface area contributed by atoms with E-state index in [1.165, 1.54) is 11.3 Å². The van der Waals surface area contributed by atoms with E-state index in [0.29, 0.717) is 29.3 Å². The standard InChI is InChI=1S/C14H11N3O2S/c18-14(10-3-7-20-9-10)17-8-11-13(16-5-4-15-11)12-2-1-6-19-12/h1-7,9H,8H2,(H,17,18). The van der Waals surface area contributed by atoms with Crippen molar-refractivity contribution in [2.24, 2.45) is 0 Å². The van der Waals surface area contributed by atoms with Crippen LogP contribution in [0.5, 0.6) is 0 Å². The number of nitrogens with zero attached hydrogens (tertiary/aromatic N) is 2. The molecule has 0 fully saturated rings. The second-order valence-electron chi connectivity index (χ2n) is 4.02. The van der Waals surface area contributed by atoms with Gasteiger partial charge in [-0.15, -0.1) is 0 Å². The minimum Gasteiger partial charge on any atom is -0.463 e. The Hall–Kier alpha value is -2.47. The highest BCUT2D eigenvalue weighted by Gasteiger charge is 2.12. The molecule has 1 N–H and O–H groups in total. The predicted octanol–water partition coefficient (Wildman–Crippen LogP) is 2.73. The molecule has 0 aliphatic carbocycles. The number of carbonyl (C=O) groups excluding carboxylic acids is 1. The molecule has 1 amide bonds. The lowest BCUT2D eigenvalue weighted by molar-refractivity contribution is 0.0951. The third-order valence-corrected chi connectivity index (χ3v) is 3.41. The summed E-state index contributed by atoms with van der Waals surface area (Å²) in [5.41, 5.74) is 1.97. The number of thiophene rings is 1.